The first-order valence-corrected chi connectivity index (χ1v) is 5.90. The summed E-state index contributed by atoms with van der Waals surface area (Å²) < 4.78 is 0. The molecule has 1 aromatic rings. The molecule has 0 spiro atoms. The highest BCUT2D eigenvalue weighted by Crippen LogP contribution is 2.10. The highest BCUT2D eigenvalue weighted by Gasteiger charge is 2.11. The fourth-order valence-corrected chi connectivity index (χ4v) is 1.91. The Morgan fingerprint density at radius 3 is 2.71 bits per heavy atom. The average molecular weight is 212 g/mol. The Kier molecular flexibility index (Phi) is 4.11. The van der Waals surface area contributed by atoms with Crippen molar-refractivity contribution in [2.75, 3.05) is 13.6 Å². The highest BCUT2D eigenvalue weighted by molar-refractivity contribution is 7.07. The van der Waals surface area contributed by atoms with Crippen LogP contribution < -0.4 is 5.73 Å². The second-order valence-corrected chi connectivity index (χ2v) is 5.39. The summed E-state index contributed by atoms with van der Waals surface area (Å²) in [6.45, 7) is 6.23. The van der Waals surface area contributed by atoms with E-state index in [-0.39, 0.29) is 5.54 Å². The van der Waals surface area contributed by atoms with Gasteiger partial charge in [0.05, 0.1) is 0 Å². The molecule has 0 aromatic carbocycles. The summed E-state index contributed by atoms with van der Waals surface area (Å²) in [6, 6.07) is 2.18. The van der Waals surface area contributed by atoms with E-state index >= 15 is 0 Å². The molecule has 0 aliphatic heterocycles. The Balaban J connectivity index is 2.26. The molecule has 3 heteroatoms. The first kappa shape index (κ1) is 11.7. The molecule has 1 heterocycles. The SMILES string of the molecule is CN(CCC(C)(C)N)Cc1ccsc1. The van der Waals surface area contributed by atoms with Crippen molar-refractivity contribution in [3.8, 4) is 0 Å². The number of nitrogens with zero attached hydrogens (tertiary/aromatic N) is 1. The molecule has 0 aliphatic carbocycles. The molecular formula is C11H20N2S. The van der Waals surface area contributed by atoms with Crippen molar-refractivity contribution in [2.45, 2.75) is 32.4 Å². The molecule has 2 nitrogen and oxygen atoms in total. The molecule has 0 radical (unpaired) electrons. The van der Waals surface area contributed by atoms with Crippen LogP contribution in [0.25, 0.3) is 0 Å². The van der Waals surface area contributed by atoms with Crippen molar-refractivity contribution in [1.82, 2.24) is 4.90 Å². The minimum absolute atomic E-state index is 0.0527. The molecule has 0 unspecified atom stereocenters. The minimum Gasteiger partial charge on any atom is -0.326 e. The Morgan fingerprint density at radius 2 is 2.21 bits per heavy atom. The molecule has 0 saturated carbocycles. The standard InChI is InChI=1S/C11H20N2S/c1-11(2,12)5-6-13(3)8-10-4-7-14-9-10/h4,7,9H,5-6,8,12H2,1-3H3. The molecule has 80 valence electrons. The van der Waals surface area contributed by atoms with Gasteiger partial charge in [0.25, 0.3) is 0 Å². The fourth-order valence-electron chi connectivity index (χ4n) is 1.25. The Hall–Kier alpha value is -0.380. The third kappa shape index (κ3) is 4.74. The van der Waals surface area contributed by atoms with Gasteiger partial charge >= 0.3 is 0 Å². The van der Waals surface area contributed by atoms with Gasteiger partial charge in [-0.2, -0.15) is 11.3 Å². The van der Waals surface area contributed by atoms with Crippen molar-refractivity contribution in [1.29, 1.82) is 0 Å². The summed E-state index contributed by atoms with van der Waals surface area (Å²) >= 11 is 1.75. The van der Waals surface area contributed by atoms with Gasteiger partial charge in [-0.1, -0.05) is 0 Å². The van der Waals surface area contributed by atoms with E-state index in [1.807, 2.05) is 0 Å². The summed E-state index contributed by atoms with van der Waals surface area (Å²) in [5.41, 5.74) is 7.28. The van der Waals surface area contributed by atoms with Crippen molar-refractivity contribution in [3.05, 3.63) is 22.4 Å². The normalized spacial score (nSPS) is 12.4. The molecule has 2 N–H and O–H groups in total. The van der Waals surface area contributed by atoms with E-state index in [4.69, 9.17) is 5.73 Å². The Labute approximate surface area is 90.7 Å². The Morgan fingerprint density at radius 1 is 1.50 bits per heavy atom. The van der Waals surface area contributed by atoms with Crippen LogP contribution in [0.15, 0.2) is 16.8 Å². The lowest BCUT2D eigenvalue weighted by atomic mass is 10.0. The van der Waals surface area contributed by atoms with Crippen LogP contribution in [-0.4, -0.2) is 24.0 Å². The second kappa shape index (κ2) is 4.91. The molecule has 0 fully saturated rings. The largest absolute Gasteiger partial charge is 0.326 e. The van der Waals surface area contributed by atoms with Crippen LogP contribution in [0.4, 0.5) is 0 Å². The number of nitrogens with two attached hydrogens (primary N) is 1. The topological polar surface area (TPSA) is 29.3 Å². The molecule has 0 saturated heterocycles. The molecule has 0 atom stereocenters. The zero-order valence-electron chi connectivity index (χ0n) is 9.29. The lowest BCUT2D eigenvalue weighted by Gasteiger charge is -2.23. The first-order chi connectivity index (χ1) is 6.47. The van der Waals surface area contributed by atoms with E-state index in [2.05, 4.69) is 42.6 Å². The number of hydrogen-bond acceptors (Lipinski definition) is 3. The van der Waals surface area contributed by atoms with E-state index in [1.165, 1.54) is 5.56 Å². The van der Waals surface area contributed by atoms with Crippen LogP contribution in [-0.2, 0) is 6.54 Å². The molecule has 0 amide bonds. The van der Waals surface area contributed by atoms with Gasteiger partial charge in [-0.15, -0.1) is 0 Å². The number of rotatable bonds is 5. The number of hydrogen-bond donors (Lipinski definition) is 1. The predicted octanol–water partition coefficient (Wildman–Crippen LogP) is 2.31. The zero-order valence-corrected chi connectivity index (χ0v) is 10.1. The van der Waals surface area contributed by atoms with Gasteiger partial charge in [-0.25, -0.2) is 0 Å². The summed E-state index contributed by atoms with van der Waals surface area (Å²) in [7, 11) is 2.14. The van der Waals surface area contributed by atoms with Crippen LogP contribution in [0.5, 0.6) is 0 Å². The maximum Gasteiger partial charge on any atom is 0.0238 e. The highest BCUT2D eigenvalue weighted by atomic mass is 32.1. The molecular weight excluding hydrogens is 192 g/mol. The molecule has 1 rings (SSSR count). The number of thiophene rings is 1. The lowest BCUT2D eigenvalue weighted by Crippen LogP contribution is -2.36. The van der Waals surface area contributed by atoms with Crippen LogP contribution in [0.3, 0.4) is 0 Å². The van der Waals surface area contributed by atoms with Gasteiger partial charge in [-0.05, 0) is 56.3 Å². The van der Waals surface area contributed by atoms with Crippen LogP contribution >= 0.6 is 11.3 Å². The fraction of sp³-hybridized carbons (Fsp3) is 0.636. The van der Waals surface area contributed by atoms with Crippen LogP contribution in [0, 0.1) is 0 Å². The lowest BCUT2D eigenvalue weighted by molar-refractivity contribution is 0.289. The monoisotopic (exact) mass is 212 g/mol. The second-order valence-electron chi connectivity index (χ2n) is 4.61. The van der Waals surface area contributed by atoms with E-state index in [0.717, 1.165) is 19.5 Å². The van der Waals surface area contributed by atoms with Crippen molar-refractivity contribution in [2.24, 2.45) is 5.73 Å². The van der Waals surface area contributed by atoms with Gasteiger partial charge in [0.15, 0.2) is 0 Å². The molecule has 14 heavy (non-hydrogen) atoms. The van der Waals surface area contributed by atoms with E-state index < -0.39 is 0 Å². The summed E-state index contributed by atoms with van der Waals surface area (Å²) in [5, 5.41) is 4.32. The van der Waals surface area contributed by atoms with E-state index in [1.54, 1.807) is 11.3 Å². The Bertz CT molecular complexity index is 249. The molecule has 1 aromatic heterocycles. The minimum atomic E-state index is -0.0527. The quantitative estimate of drug-likeness (QED) is 0.811. The molecule has 0 bridgehead atoms. The predicted molar refractivity (Wildman–Crippen MR) is 63.5 cm³/mol. The van der Waals surface area contributed by atoms with Gasteiger partial charge in [0.2, 0.25) is 0 Å². The maximum atomic E-state index is 5.93. The summed E-state index contributed by atoms with van der Waals surface area (Å²) in [4.78, 5) is 2.32. The summed E-state index contributed by atoms with van der Waals surface area (Å²) in [6.07, 6.45) is 1.04. The third-order valence-corrected chi connectivity index (χ3v) is 2.90. The third-order valence-electron chi connectivity index (χ3n) is 2.17. The first-order valence-electron chi connectivity index (χ1n) is 4.96. The van der Waals surface area contributed by atoms with Crippen molar-refractivity contribution in [3.63, 3.8) is 0 Å². The average Bonchev–Trinajstić information content (AvgIpc) is 2.52. The maximum absolute atomic E-state index is 5.93. The van der Waals surface area contributed by atoms with Crippen molar-refractivity contribution < 1.29 is 0 Å². The van der Waals surface area contributed by atoms with Gasteiger partial charge < -0.3 is 10.6 Å². The van der Waals surface area contributed by atoms with E-state index in [9.17, 15) is 0 Å². The zero-order chi connectivity index (χ0) is 10.6. The van der Waals surface area contributed by atoms with Crippen LogP contribution in [0.2, 0.25) is 0 Å². The smallest absolute Gasteiger partial charge is 0.0238 e. The van der Waals surface area contributed by atoms with Gasteiger partial charge in [-0.3, -0.25) is 0 Å². The van der Waals surface area contributed by atoms with Gasteiger partial charge in [0, 0.05) is 12.1 Å². The van der Waals surface area contributed by atoms with Gasteiger partial charge in [0.1, 0.15) is 0 Å². The van der Waals surface area contributed by atoms with E-state index in [0.29, 0.717) is 0 Å². The van der Waals surface area contributed by atoms with Crippen molar-refractivity contribution >= 4 is 11.3 Å². The molecule has 0 aliphatic rings. The summed E-state index contributed by atoms with van der Waals surface area (Å²) in [5.74, 6) is 0. The van der Waals surface area contributed by atoms with Crippen LogP contribution in [0.1, 0.15) is 25.8 Å².